The van der Waals surface area contributed by atoms with Gasteiger partial charge in [-0.2, -0.15) is 0 Å². The molecule has 0 unspecified atom stereocenters. The zero-order chi connectivity index (χ0) is 12.8. The van der Waals surface area contributed by atoms with Gasteiger partial charge in [0.1, 0.15) is 0 Å². The number of anilines is 1. The summed E-state index contributed by atoms with van der Waals surface area (Å²) in [4.78, 5) is 22.4. The van der Waals surface area contributed by atoms with E-state index in [4.69, 9.17) is 5.11 Å². The van der Waals surface area contributed by atoms with Crippen LogP contribution in [0, 0.1) is 5.92 Å². The van der Waals surface area contributed by atoms with E-state index >= 15 is 0 Å². The maximum absolute atomic E-state index is 11.5. The van der Waals surface area contributed by atoms with E-state index in [1.807, 2.05) is 13.8 Å². The van der Waals surface area contributed by atoms with Gasteiger partial charge in [-0.1, -0.05) is 26.0 Å². The normalized spacial score (nSPS) is 10.1. The quantitative estimate of drug-likeness (QED) is 0.749. The SMILES string of the molecule is CC(C)CNC(=O)Nc1ccccc1C(=O)O. The van der Waals surface area contributed by atoms with Crippen LogP contribution in [-0.2, 0) is 0 Å². The Morgan fingerprint density at radius 2 is 1.94 bits per heavy atom. The molecule has 92 valence electrons. The minimum Gasteiger partial charge on any atom is -0.478 e. The molecule has 0 atom stereocenters. The summed E-state index contributed by atoms with van der Waals surface area (Å²) in [5.41, 5.74) is 0.369. The highest BCUT2D eigenvalue weighted by molar-refractivity contribution is 5.99. The molecule has 0 saturated heterocycles. The lowest BCUT2D eigenvalue weighted by Gasteiger charge is -2.10. The Labute approximate surface area is 99.8 Å². The topological polar surface area (TPSA) is 78.4 Å². The number of carboxylic acids is 1. The van der Waals surface area contributed by atoms with Gasteiger partial charge in [0.15, 0.2) is 0 Å². The standard InChI is InChI=1S/C12H16N2O3/c1-8(2)7-13-12(17)14-10-6-4-3-5-9(10)11(15)16/h3-6,8H,7H2,1-2H3,(H,15,16)(H2,13,14,17). The second-order valence-corrected chi connectivity index (χ2v) is 4.08. The van der Waals surface area contributed by atoms with Crippen LogP contribution in [0.1, 0.15) is 24.2 Å². The number of para-hydroxylation sites is 1. The minimum atomic E-state index is -1.07. The molecule has 0 aliphatic rings. The average molecular weight is 236 g/mol. The van der Waals surface area contributed by atoms with Gasteiger partial charge in [-0.15, -0.1) is 0 Å². The summed E-state index contributed by atoms with van der Waals surface area (Å²) in [5, 5.41) is 14.1. The fourth-order valence-corrected chi connectivity index (χ4v) is 1.24. The highest BCUT2D eigenvalue weighted by Gasteiger charge is 2.11. The lowest BCUT2D eigenvalue weighted by Crippen LogP contribution is -2.32. The van der Waals surface area contributed by atoms with Gasteiger partial charge in [-0.25, -0.2) is 9.59 Å². The summed E-state index contributed by atoms with van der Waals surface area (Å²) in [6, 6.07) is 5.89. The van der Waals surface area contributed by atoms with Crippen molar-refractivity contribution in [3.63, 3.8) is 0 Å². The first-order chi connectivity index (χ1) is 8.00. The molecule has 0 spiro atoms. The zero-order valence-electron chi connectivity index (χ0n) is 9.86. The van der Waals surface area contributed by atoms with Crippen molar-refractivity contribution in [1.82, 2.24) is 5.32 Å². The molecule has 3 N–H and O–H groups in total. The van der Waals surface area contributed by atoms with Gasteiger partial charge < -0.3 is 15.7 Å². The molecule has 2 amide bonds. The molecule has 1 aromatic carbocycles. The fourth-order valence-electron chi connectivity index (χ4n) is 1.24. The Bertz CT molecular complexity index is 416. The number of amides is 2. The molecule has 0 aliphatic heterocycles. The van der Waals surface area contributed by atoms with Crippen molar-refractivity contribution in [2.45, 2.75) is 13.8 Å². The lowest BCUT2D eigenvalue weighted by atomic mass is 10.2. The van der Waals surface area contributed by atoms with Crippen LogP contribution in [0.25, 0.3) is 0 Å². The van der Waals surface area contributed by atoms with Crippen molar-refractivity contribution in [2.75, 3.05) is 11.9 Å². The van der Waals surface area contributed by atoms with Gasteiger partial charge in [0, 0.05) is 6.54 Å². The van der Waals surface area contributed by atoms with Crippen molar-refractivity contribution in [2.24, 2.45) is 5.92 Å². The summed E-state index contributed by atoms with van der Waals surface area (Å²) >= 11 is 0. The zero-order valence-corrected chi connectivity index (χ0v) is 9.86. The van der Waals surface area contributed by atoms with E-state index in [1.54, 1.807) is 18.2 Å². The van der Waals surface area contributed by atoms with Crippen LogP contribution in [0.4, 0.5) is 10.5 Å². The molecule has 5 heteroatoms. The van der Waals surface area contributed by atoms with Crippen molar-refractivity contribution < 1.29 is 14.7 Å². The van der Waals surface area contributed by atoms with E-state index in [1.165, 1.54) is 6.07 Å². The number of rotatable bonds is 4. The summed E-state index contributed by atoms with van der Waals surface area (Å²) in [6.45, 7) is 4.50. The van der Waals surface area contributed by atoms with Crippen molar-refractivity contribution in [3.8, 4) is 0 Å². The monoisotopic (exact) mass is 236 g/mol. The molecule has 5 nitrogen and oxygen atoms in total. The average Bonchev–Trinajstić information content (AvgIpc) is 2.27. The van der Waals surface area contributed by atoms with E-state index in [0.29, 0.717) is 18.2 Å². The molecule has 0 bridgehead atoms. The molecule has 1 rings (SSSR count). The largest absolute Gasteiger partial charge is 0.478 e. The first-order valence-corrected chi connectivity index (χ1v) is 5.38. The third-order valence-electron chi connectivity index (χ3n) is 2.08. The predicted octanol–water partition coefficient (Wildman–Crippen LogP) is 2.16. The number of benzene rings is 1. The van der Waals surface area contributed by atoms with Gasteiger partial charge >= 0.3 is 12.0 Å². The third-order valence-corrected chi connectivity index (χ3v) is 2.08. The Balaban J connectivity index is 2.68. The molecule has 1 aromatic rings. The van der Waals surface area contributed by atoms with Gasteiger partial charge in [0.2, 0.25) is 0 Å². The van der Waals surface area contributed by atoms with Gasteiger partial charge in [0.25, 0.3) is 0 Å². The van der Waals surface area contributed by atoms with Crippen molar-refractivity contribution in [1.29, 1.82) is 0 Å². The van der Waals surface area contributed by atoms with Crippen LogP contribution in [0.15, 0.2) is 24.3 Å². The molecule has 0 radical (unpaired) electrons. The van der Waals surface area contributed by atoms with Crippen molar-refractivity contribution >= 4 is 17.7 Å². The Morgan fingerprint density at radius 1 is 1.29 bits per heavy atom. The van der Waals surface area contributed by atoms with Crippen LogP contribution in [-0.4, -0.2) is 23.7 Å². The van der Waals surface area contributed by atoms with E-state index in [0.717, 1.165) is 0 Å². The smallest absolute Gasteiger partial charge is 0.337 e. The van der Waals surface area contributed by atoms with Gasteiger partial charge in [-0.05, 0) is 18.1 Å². The Morgan fingerprint density at radius 3 is 2.53 bits per heavy atom. The maximum Gasteiger partial charge on any atom is 0.337 e. The first kappa shape index (κ1) is 13.0. The maximum atomic E-state index is 11.5. The van der Waals surface area contributed by atoms with Crippen LogP contribution in [0.2, 0.25) is 0 Å². The highest BCUT2D eigenvalue weighted by atomic mass is 16.4. The van der Waals surface area contributed by atoms with Crippen molar-refractivity contribution in [3.05, 3.63) is 29.8 Å². The van der Waals surface area contributed by atoms with E-state index in [2.05, 4.69) is 10.6 Å². The Kier molecular flexibility index (Phi) is 4.51. The number of nitrogens with one attached hydrogen (secondary N) is 2. The summed E-state index contributed by atoms with van der Waals surface area (Å²) in [6.07, 6.45) is 0. The van der Waals surface area contributed by atoms with Crippen LogP contribution in [0.5, 0.6) is 0 Å². The number of hydrogen-bond donors (Lipinski definition) is 3. The summed E-state index contributed by atoms with van der Waals surface area (Å²) in [7, 11) is 0. The molecule has 17 heavy (non-hydrogen) atoms. The molecule has 0 heterocycles. The highest BCUT2D eigenvalue weighted by Crippen LogP contribution is 2.14. The lowest BCUT2D eigenvalue weighted by molar-refractivity contribution is 0.0698. The number of aromatic carboxylic acids is 1. The second-order valence-electron chi connectivity index (χ2n) is 4.08. The number of urea groups is 1. The number of carboxylic acid groups (broad SMARTS) is 1. The van der Waals surface area contributed by atoms with E-state index in [-0.39, 0.29) is 5.56 Å². The number of carbonyl (C=O) groups is 2. The minimum absolute atomic E-state index is 0.0761. The second kappa shape index (κ2) is 5.89. The summed E-state index contributed by atoms with van der Waals surface area (Å²) in [5.74, 6) is -0.722. The van der Waals surface area contributed by atoms with Gasteiger partial charge in [-0.3, -0.25) is 0 Å². The fraction of sp³-hybridized carbons (Fsp3) is 0.333. The first-order valence-electron chi connectivity index (χ1n) is 5.38. The van der Waals surface area contributed by atoms with Crippen LogP contribution in [0.3, 0.4) is 0 Å². The third kappa shape index (κ3) is 4.14. The predicted molar refractivity (Wildman–Crippen MR) is 65.3 cm³/mol. The van der Waals surface area contributed by atoms with E-state index in [9.17, 15) is 9.59 Å². The molecule has 0 fully saturated rings. The molecule has 0 aliphatic carbocycles. The Hall–Kier alpha value is -2.04. The van der Waals surface area contributed by atoms with E-state index < -0.39 is 12.0 Å². The molecular weight excluding hydrogens is 220 g/mol. The van der Waals surface area contributed by atoms with Gasteiger partial charge in [0.05, 0.1) is 11.3 Å². The number of hydrogen-bond acceptors (Lipinski definition) is 2. The number of carbonyl (C=O) groups excluding carboxylic acids is 1. The summed E-state index contributed by atoms with van der Waals surface area (Å²) < 4.78 is 0. The van der Waals surface area contributed by atoms with Crippen LogP contribution >= 0.6 is 0 Å². The van der Waals surface area contributed by atoms with Crippen LogP contribution < -0.4 is 10.6 Å². The molecule has 0 aromatic heterocycles. The molecular formula is C12H16N2O3. The molecule has 0 saturated carbocycles.